The van der Waals surface area contributed by atoms with Gasteiger partial charge in [-0.05, 0) is 6.42 Å². The zero-order valence-corrected chi connectivity index (χ0v) is 7.75. The summed E-state index contributed by atoms with van der Waals surface area (Å²) in [6.45, 7) is 3.71. The van der Waals surface area contributed by atoms with Crippen LogP contribution in [0.1, 0.15) is 12.8 Å². The minimum absolute atomic E-state index is 0.623. The summed E-state index contributed by atoms with van der Waals surface area (Å²) in [5.41, 5.74) is 0. The van der Waals surface area contributed by atoms with E-state index in [4.69, 9.17) is 12.2 Å². The summed E-state index contributed by atoms with van der Waals surface area (Å²) >= 11 is 7.02. The van der Waals surface area contributed by atoms with E-state index >= 15 is 0 Å². The van der Waals surface area contributed by atoms with E-state index in [1.54, 1.807) is 0 Å². The highest BCUT2D eigenvalue weighted by atomic mass is 32.2. The van der Waals surface area contributed by atoms with Gasteiger partial charge in [-0.1, -0.05) is 18.3 Å². The first kappa shape index (κ1) is 7.37. The molecule has 0 aliphatic carbocycles. The van der Waals surface area contributed by atoms with Crippen molar-refractivity contribution < 1.29 is 0 Å². The van der Waals surface area contributed by atoms with E-state index in [-0.39, 0.29) is 0 Å². The molecule has 11 heavy (non-hydrogen) atoms. The monoisotopic (exact) mass is 183 g/mol. The number of thioether (sulfide) groups is 1. The predicted molar refractivity (Wildman–Crippen MR) is 53.3 cm³/mol. The summed E-state index contributed by atoms with van der Waals surface area (Å²) in [4.78, 5) is 4.66. The second-order valence-corrected chi connectivity index (χ2v) is 4.44. The number of rotatable bonds is 2. The zero-order chi connectivity index (χ0) is 7.84. The molecule has 0 aromatic heterocycles. The molecule has 0 unspecified atom stereocenters. The third-order valence-corrected chi connectivity index (χ3v) is 3.48. The highest BCUT2D eigenvalue weighted by Gasteiger charge is 2.36. The van der Waals surface area contributed by atoms with Gasteiger partial charge < -0.3 is 4.90 Å². The van der Waals surface area contributed by atoms with Crippen molar-refractivity contribution in [2.45, 2.75) is 18.2 Å². The third kappa shape index (κ3) is 1.12. The molecule has 0 saturated carbocycles. The first-order chi connectivity index (χ1) is 5.31. The fourth-order valence-electron chi connectivity index (χ4n) is 1.26. The summed E-state index contributed by atoms with van der Waals surface area (Å²) in [5, 5.41) is 0.623. The average Bonchev–Trinajstić information content (AvgIpc) is 2.29. The average molecular weight is 183 g/mol. The molecular formula is C8H9NS2. The maximum absolute atomic E-state index is 5.10. The highest BCUT2D eigenvalue weighted by molar-refractivity contribution is 8.04. The fraction of sp³-hybridized carbons (Fsp3) is 0.375. The second-order valence-electron chi connectivity index (χ2n) is 2.67. The van der Waals surface area contributed by atoms with E-state index in [0.29, 0.717) is 5.37 Å². The Morgan fingerprint density at radius 2 is 2.73 bits per heavy atom. The molecule has 3 heteroatoms. The number of fused-ring (bicyclic) bond motifs is 1. The van der Waals surface area contributed by atoms with Gasteiger partial charge in [0.05, 0.1) is 10.4 Å². The van der Waals surface area contributed by atoms with Crippen LogP contribution in [-0.4, -0.2) is 15.3 Å². The van der Waals surface area contributed by atoms with Crippen molar-refractivity contribution in [1.29, 1.82) is 0 Å². The summed E-state index contributed by atoms with van der Waals surface area (Å²) in [6.07, 6.45) is 6.16. The Kier molecular flexibility index (Phi) is 1.77. The van der Waals surface area contributed by atoms with Crippen molar-refractivity contribution in [2.24, 2.45) is 0 Å². The lowest BCUT2D eigenvalue weighted by Crippen LogP contribution is -2.43. The van der Waals surface area contributed by atoms with E-state index in [1.807, 2.05) is 17.8 Å². The van der Waals surface area contributed by atoms with E-state index in [1.165, 1.54) is 4.91 Å². The van der Waals surface area contributed by atoms with E-state index in [2.05, 4.69) is 17.7 Å². The minimum atomic E-state index is 0.623. The van der Waals surface area contributed by atoms with Crippen LogP contribution in [-0.2, 0) is 0 Å². The molecule has 58 valence electrons. The van der Waals surface area contributed by atoms with Crippen LogP contribution in [0, 0.1) is 0 Å². The van der Waals surface area contributed by atoms with Gasteiger partial charge in [0.25, 0.3) is 0 Å². The smallest absolute Gasteiger partial charge is 0.0905 e. The van der Waals surface area contributed by atoms with Crippen molar-refractivity contribution in [3.05, 3.63) is 23.8 Å². The molecule has 2 aliphatic rings. The lowest BCUT2D eigenvalue weighted by Gasteiger charge is -2.35. The number of thiocarbonyl (C=S) groups is 1. The molecule has 1 fully saturated rings. The lowest BCUT2D eigenvalue weighted by atomic mass is 10.2. The molecule has 1 saturated heterocycles. The largest absolute Gasteiger partial charge is 0.328 e. The predicted octanol–water partition coefficient (Wildman–Crippen LogP) is 2.51. The topological polar surface area (TPSA) is 3.24 Å². The Balaban J connectivity index is 2.06. The molecule has 0 aromatic rings. The Morgan fingerprint density at radius 3 is 3.27 bits per heavy atom. The molecule has 1 nitrogen and oxygen atoms in total. The minimum Gasteiger partial charge on any atom is -0.328 e. The molecule has 0 amide bonds. The van der Waals surface area contributed by atoms with Crippen molar-refractivity contribution in [2.75, 3.05) is 0 Å². The van der Waals surface area contributed by atoms with Crippen LogP contribution >= 0.6 is 24.0 Å². The van der Waals surface area contributed by atoms with Gasteiger partial charge in [-0.2, -0.15) is 0 Å². The SMILES string of the molecule is C=CCC1=CN2C(=S)C[C@@H]2S1. The quantitative estimate of drug-likeness (QED) is 0.478. The molecule has 0 bridgehead atoms. The van der Waals surface area contributed by atoms with Gasteiger partial charge in [-0.3, -0.25) is 0 Å². The van der Waals surface area contributed by atoms with Crippen molar-refractivity contribution in [3.63, 3.8) is 0 Å². The van der Waals surface area contributed by atoms with Gasteiger partial charge in [-0.25, -0.2) is 0 Å². The van der Waals surface area contributed by atoms with Gasteiger partial charge in [0.15, 0.2) is 0 Å². The number of allylic oxidation sites excluding steroid dienone is 2. The van der Waals surface area contributed by atoms with Crippen LogP contribution in [0.4, 0.5) is 0 Å². The van der Waals surface area contributed by atoms with Gasteiger partial charge in [-0.15, -0.1) is 18.3 Å². The summed E-state index contributed by atoms with van der Waals surface area (Å²) in [6, 6.07) is 0. The van der Waals surface area contributed by atoms with Crippen LogP contribution in [0.3, 0.4) is 0 Å². The Bertz CT molecular complexity index is 244. The van der Waals surface area contributed by atoms with Gasteiger partial charge >= 0.3 is 0 Å². The van der Waals surface area contributed by atoms with Crippen LogP contribution in [0.15, 0.2) is 23.8 Å². The maximum Gasteiger partial charge on any atom is 0.0905 e. The van der Waals surface area contributed by atoms with E-state index < -0.39 is 0 Å². The van der Waals surface area contributed by atoms with Crippen molar-refractivity contribution >= 4 is 29.0 Å². The maximum atomic E-state index is 5.10. The molecule has 0 N–H and O–H groups in total. The third-order valence-electron chi connectivity index (χ3n) is 1.86. The molecule has 1 atom stereocenters. The number of hydrogen-bond donors (Lipinski definition) is 0. The van der Waals surface area contributed by atoms with E-state index in [0.717, 1.165) is 17.8 Å². The summed E-state index contributed by atoms with van der Waals surface area (Å²) in [7, 11) is 0. The highest BCUT2D eigenvalue weighted by Crippen LogP contribution is 2.43. The molecular weight excluding hydrogens is 174 g/mol. The Labute approximate surface area is 76.1 Å². The molecule has 0 spiro atoms. The number of hydrogen-bond acceptors (Lipinski definition) is 2. The van der Waals surface area contributed by atoms with Crippen LogP contribution in [0.5, 0.6) is 0 Å². The Hall–Kier alpha value is -0.280. The molecule has 2 aliphatic heterocycles. The normalized spacial score (nSPS) is 27.6. The van der Waals surface area contributed by atoms with Crippen molar-refractivity contribution in [3.8, 4) is 0 Å². The fourth-order valence-corrected chi connectivity index (χ4v) is 3.05. The first-order valence-corrected chi connectivity index (χ1v) is 4.89. The lowest BCUT2D eigenvalue weighted by molar-refractivity contribution is 0.459. The molecule has 2 rings (SSSR count). The van der Waals surface area contributed by atoms with Gasteiger partial charge in [0.2, 0.25) is 0 Å². The first-order valence-electron chi connectivity index (χ1n) is 3.60. The van der Waals surface area contributed by atoms with Crippen LogP contribution in [0.2, 0.25) is 0 Å². The summed E-state index contributed by atoms with van der Waals surface area (Å²) < 4.78 is 0. The van der Waals surface area contributed by atoms with Gasteiger partial charge in [0, 0.05) is 17.5 Å². The number of nitrogens with zero attached hydrogens (tertiary/aromatic N) is 1. The van der Waals surface area contributed by atoms with Crippen LogP contribution < -0.4 is 0 Å². The zero-order valence-electron chi connectivity index (χ0n) is 6.12. The van der Waals surface area contributed by atoms with E-state index in [9.17, 15) is 0 Å². The second kappa shape index (κ2) is 2.64. The van der Waals surface area contributed by atoms with Gasteiger partial charge in [0.1, 0.15) is 0 Å². The van der Waals surface area contributed by atoms with Crippen molar-refractivity contribution in [1.82, 2.24) is 4.90 Å². The summed E-state index contributed by atoms with van der Waals surface area (Å²) in [5.74, 6) is 0. The molecule has 0 radical (unpaired) electrons. The Morgan fingerprint density at radius 1 is 1.91 bits per heavy atom. The molecule has 0 aromatic carbocycles. The van der Waals surface area contributed by atoms with Crippen LogP contribution in [0.25, 0.3) is 0 Å². The molecule has 2 heterocycles. The standard InChI is InChI=1S/C8H9NS2/c1-2-3-6-5-9-7(10)4-8(9)11-6/h2,5,8H,1,3-4H2/t8-/m0/s1.